The van der Waals surface area contributed by atoms with Gasteiger partial charge in [0.15, 0.2) is 0 Å². The molecule has 0 saturated carbocycles. The predicted octanol–water partition coefficient (Wildman–Crippen LogP) is 1.49. The summed E-state index contributed by atoms with van der Waals surface area (Å²) in [5.41, 5.74) is 0.694. The van der Waals surface area contributed by atoms with E-state index in [1.165, 1.54) is 38.8 Å². The molecule has 22 heavy (non-hydrogen) atoms. The number of hydrogen-bond acceptors (Lipinski definition) is 3. The lowest BCUT2D eigenvalue weighted by atomic mass is 10.2. The van der Waals surface area contributed by atoms with Gasteiger partial charge in [0.25, 0.3) is 0 Å². The van der Waals surface area contributed by atoms with E-state index in [2.05, 4.69) is 5.32 Å². The second-order valence-corrected chi connectivity index (χ2v) is 5.78. The standard InChI is InChI=1S/C17H26N2O3/c1-21-14-7-8-15(16(13-14)22-2)18-17(20)9-12-19-10-5-3-4-6-11-19/h7-8,13H,3-6,9-12H2,1-2H3,(H,18,20)/p+1. The number of hydrogen-bond donors (Lipinski definition) is 2. The summed E-state index contributed by atoms with van der Waals surface area (Å²) in [5.74, 6) is 1.37. The van der Waals surface area contributed by atoms with Gasteiger partial charge in [0.05, 0.1) is 46.0 Å². The van der Waals surface area contributed by atoms with Crippen molar-refractivity contribution in [3.63, 3.8) is 0 Å². The Morgan fingerprint density at radius 2 is 1.86 bits per heavy atom. The number of anilines is 1. The van der Waals surface area contributed by atoms with Crippen molar-refractivity contribution in [1.29, 1.82) is 0 Å². The fraction of sp³-hybridized carbons (Fsp3) is 0.588. The first-order valence-electron chi connectivity index (χ1n) is 8.08. The summed E-state index contributed by atoms with van der Waals surface area (Å²) in [6, 6.07) is 5.40. The molecule has 1 fully saturated rings. The van der Waals surface area contributed by atoms with Crippen LogP contribution in [0.5, 0.6) is 11.5 Å². The summed E-state index contributed by atoms with van der Waals surface area (Å²) in [6.45, 7) is 3.29. The number of quaternary nitrogens is 1. The zero-order valence-electron chi connectivity index (χ0n) is 13.6. The lowest BCUT2D eigenvalue weighted by molar-refractivity contribution is -0.898. The minimum atomic E-state index is 0.0419. The van der Waals surface area contributed by atoms with Crippen LogP contribution in [0.2, 0.25) is 0 Å². The van der Waals surface area contributed by atoms with Gasteiger partial charge in [0, 0.05) is 6.07 Å². The lowest BCUT2D eigenvalue weighted by Crippen LogP contribution is -3.12. The Morgan fingerprint density at radius 1 is 1.14 bits per heavy atom. The zero-order valence-corrected chi connectivity index (χ0v) is 13.6. The second-order valence-electron chi connectivity index (χ2n) is 5.78. The van der Waals surface area contributed by atoms with E-state index in [1.807, 2.05) is 12.1 Å². The second kappa shape index (κ2) is 8.63. The van der Waals surface area contributed by atoms with Gasteiger partial charge in [-0.2, -0.15) is 0 Å². The van der Waals surface area contributed by atoms with Crippen molar-refractivity contribution < 1.29 is 19.2 Å². The maximum absolute atomic E-state index is 12.2. The van der Waals surface area contributed by atoms with Crippen LogP contribution in [0, 0.1) is 0 Å². The molecule has 0 aliphatic carbocycles. The van der Waals surface area contributed by atoms with Crippen LogP contribution in [0.3, 0.4) is 0 Å². The van der Waals surface area contributed by atoms with Gasteiger partial charge in [-0.15, -0.1) is 0 Å². The first-order valence-corrected chi connectivity index (χ1v) is 8.08. The van der Waals surface area contributed by atoms with Crippen molar-refractivity contribution in [3.8, 4) is 11.5 Å². The Kier molecular flexibility index (Phi) is 6.52. The summed E-state index contributed by atoms with van der Waals surface area (Å²) in [5, 5.41) is 2.94. The molecule has 5 nitrogen and oxygen atoms in total. The van der Waals surface area contributed by atoms with E-state index in [9.17, 15) is 4.79 Å². The molecule has 1 aromatic carbocycles. The number of carbonyl (C=O) groups excluding carboxylic acids is 1. The van der Waals surface area contributed by atoms with Gasteiger partial charge < -0.3 is 19.7 Å². The quantitative estimate of drug-likeness (QED) is 0.837. The molecule has 1 aliphatic heterocycles. The monoisotopic (exact) mass is 307 g/mol. The van der Waals surface area contributed by atoms with E-state index in [1.54, 1.807) is 25.2 Å². The van der Waals surface area contributed by atoms with Crippen LogP contribution >= 0.6 is 0 Å². The fourth-order valence-electron chi connectivity index (χ4n) is 2.88. The van der Waals surface area contributed by atoms with E-state index >= 15 is 0 Å². The van der Waals surface area contributed by atoms with Crippen molar-refractivity contribution in [2.24, 2.45) is 0 Å². The molecule has 0 atom stereocenters. The molecule has 1 saturated heterocycles. The SMILES string of the molecule is COc1ccc(NC(=O)CC[NH+]2CCCCCC2)c(OC)c1. The number of benzene rings is 1. The van der Waals surface area contributed by atoms with Crippen LogP contribution in [0.4, 0.5) is 5.69 Å². The first-order chi connectivity index (χ1) is 10.7. The minimum absolute atomic E-state index is 0.0419. The number of carbonyl (C=O) groups is 1. The predicted molar refractivity (Wildman–Crippen MR) is 86.8 cm³/mol. The molecule has 1 aliphatic rings. The molecule has 1 heterocycles. The fourth-order valence-corrected chi connectivity index (χ4v) is 2.88. The van der Waals surface area contributed by atoms with Crippen molar-refractivity contribution in [1.82, 2.24) is 0 Å². The van der Waals surface area contributed by atoms with E-state index in [-0.39, 0.29) is 5.91 Å². The summed E-state index contributed by atoms with van der Waals surface area (Å²) in [4.78, 5) is 13.7. The Morgan fingerprint density at radius 3 is 2.50 bits per heavy atom. The third kappa shape index (κ3) is 4.91. The first kappa shape index (κ1) is 16.6. The number of amides is 1. The van der Waals surface area contributed by atoms with Crippen LogP contribution in [0.1, 0.15) is 32.1 Å². The summed E-state index contributed by atoms with van der Waals surface area (Å²) in [7, 11) is 3.20. The number of nitrogens with one attached hydrogen (secondary N) is 2. The highest BCUT2D eigenvalue weighted by molar-refractivity contribution is 5.92. The van der Waals surface area contributed by atoms with E-state index in [4.69, 9.17) is 9.47 Å². The third-order valence-corrected chi connectivity index (χ3v) is 4.20. The molecule has 2 rings (SSSR count). The van der Waals surface area contributed by atoms with E-state index < -0.39 is 0 Å². The highest BCUT2D eigenvalue weighted by Gasteiger charge is 2.15. The molecule has 0 spiro atoms. The Labute approximate surface area is 132 Å². The number of ether oxygens (including phenoxy) is 2. The molecule has 1 amide bonds. The number of methoxy groups -OCH3 is 2. The minimum Gasteiger partial charge on any atom is -0.497 e. The molecule has 1 aromatic rings. The van der Waals surface area contributed by atoms with Gasteiger partial charge in [-0.05, 0) is 37.8 Å². The Bertz CT molecular complexity index is 483. The number of rotatable bonds is 6. The average molecular weight is 307 g/mol. The maximum Gasteiger partial charge on any atom is 0.230 e. The van der Waals surface area contributed by atoms with E-state index in [0.717, 1.165) is 6.54 Å². The molecular formula is C17H27N2O3+. The molecule has 5 heteroatoms. The highest BCUT2D eigenvalue weighted by atomic mass is 16.5. The molecule has 0 radical (unpaired) electrons. The van der Waals surface area contributed by atoms with E-state index in [0.29, 0.717) is 23.6 Å². The van der Waals surface area contributed by atoms with Gasteiger partial charge in [0.2, 0.25) is 5.91 Å². The van der Waals surface area contributed by atoms with Crippen molar-refractivity contribution in [3.05, 3.63) is 18.2 Å². The Balaban J connectivity index is 1.86. The average Bonchev–Trinajstić information content (AvgIpc) is 2.82. The molecule has 0 bridgehead atoms. The van der Waals surface area contributed by atoms with Gasteiger partial charge in [-0.25, -0.2) is 0 Å². The molecule has 0 aromatic heterocycles. The van der Waals surface area contributed by atoms with Crippen LogP contribution < -0.4 is 19.7 Å². The van der Waals surface area contributed by atoms with Gasteiger partial charge in [-0.3, -0.25) is 4.79 Å². The lowest BCUT2D eigenvalue weighted by Gasteiger charge is -2.17. The number of likely N-dealkylation sites (tertiary alicyclic amines) is 1. The Hall–Kier alpha value is -1.75. The van der Waals surface area contributed by atoms with Gasteiger partial charge in [-0.1, -0.05) is 0 Å². The topological polar surface area (TPSA) is 52.0 Å². The van der Waals surface area contributed by atoms with Crippen LogP contribution in [0.25, 0.3) is 0 Å². The summed E-state index contributed by atoms with van der Waals surface area (Å²) < 4.78 is 10.5. The highest BCUT2D eigenvalue weighted by Crippen LogP contribution is 2.28. The molecule has 122 valence electrons. The van der Waals surface area contributed by atoms with Crippen molar-refractivity contribution >= 4 is 11.6 Å². The molecule has 0 unspecified atom stereocenters. The van der Waals surface area contributed by atoms with Gasteiger partial charge in [0.1, 0.15) is 11.5 Å². The van der Waals surface area contributed by atoms with Crippen LogP contribution in [-0.4, -0.2) is 39.8 Å². The summed E-state index contributed by atoms with van der Waals surface area (Å²) >= 11 is 0. The summed E-state index contributed by atoms with van der Waals surface area (Å²) in [6.07, 6.45) is 5.77. The van der Waals surface area contributed by atoms with Crippen LogP contribution in [0.15, 0.2) is 18.2 Å². The largest absolute Gasteiger partial charge is 0.497 e. The zero-order chi connectivity index (χ0) is 15.8. The van der Waals surface area contributed by atoms with Gasteiger partial charge >= 0.3 is 0 Å². The van der Waals surface area contributed by atoms with Crippen molar-refractivity contribution in [2.75, 3.05) is 39.2 Å². The normalized spacial score (nSPS) is 15.9. The molecular weight excluding hydrogens is 280 g/mol. The molecule has 2 N–H and O–H groups in total. The van der Waals surface area contributed by atoms with Crippen LogP contribution in [-0.2, 0) is 4.79 Å². The smallest absolute Gasteiger partial charge is 0.230 e. The van der Waals surface area contributed by atoms with Crippen molar-refractivity contribution in [2.45, 2.75) is 32.1 Å². The third-order valence-electron chi connectivity index (χ3n) is 4.20. The maximum atomic E-state index is 12.2.